The molecule has 0 radical (unpaired) electrons. The zero-order valence-corrected chi connectivity index (χ0v) is 12.8. The van der Waals surface area contributed by atoms with Gasteiger partial charge in [-0.1, -0.05) is 32.0 Å². The monoisotopic (exact) mass is 303 g/mol. The van der Waals surface area contributed by atoms with Crippen molar-refractivity contribution in [2.75, 3.05) is 6.54 Å². The molecule has 0 bridgehead atoms. The number of hydrogen-bond donors (Lipinski definition) is 2. The molecule has 1 unspecified atom stereocenters. The summed E-state index contributed by atoms with van der Waals surface area (Å²) in [5.74, 6) is -1.39. The molecular formula is C16H21N3O3. The van der Waals surface area contributed by atoms with Crippen LogP contribution in [0.25, 0.3) is 10.9 Å². The number of fused-ring (bicyclic) bond motifs is 1. The van der Waals surface area contributed by atoms with Gasteiger partial charge in [0.25, 0.3) is 0 Å². The SMILES string of the molecule is CC(C)CC(CNC(=O)Cn1ncc2ccccc21)C(=O)O. The summed E-state index contributed by atoms with van der Waals surface area (Å²) in [6, 6.07) is 7.63. The largest absolute Gasteiger partial charge is 0.481 e. The predicted octanol–water partition coefficient (Wildman–Crippen LogP) is 1.90. The summed E-state index contributed by atoms with van der Waals surface area (Å²) in [6.45, 7) is 4.16. The van der Waals surface area contributed by atoms with Crippen molar-refractivity contribution in [2.45, 2.75) is 26.8 Å². The van der Waals surface area contributed by atoms with Gasteiger partial charge in [-0.05, 0) is 18.4 Å². The molecule has 2 N–H and O–H groups in total. The lowest BCUT2D eigenvalue weighted by Gasteiger charge is -2.15. The summed E-state index contributed by atoms with van der Waals surface area (Å²) in [4.78, 5) is 23.2. The Morgan fingerprint density at radius 3 is 2.73 bits per heavy atom. The minimum atomic E-state index is -0.876. The molecule has 6 nitrogen and oxygen atoms in total. The van der Waals surface area contributed by atoms with Crippen molar-refractivity contribution in [2.24, 2.45) is 11.8 Å². The van der Waals surface area contributed by atoms with Crippen LogP contribution in [0.5, 0.6) is 0 Å². The number of rotatable bonds is 7. The fourth-order valence-electron chi connectivity index (χ4n) is 2.42. The summed E-state index contributed by atoms with van der Waals surface area (Å²) in [6.07, 6.45) is 2.25. The van der Waals surface area contributed by atoms with Crippen LogP contribution in [0.4, 0.5) is 0 Å². The second-order valence-corrected chi connectivity index (χ2v) is 5.83. The quantitative estimate of drug-likeness (QED) is 0.818. The van der Waals surface area contributed by atoms with E-state index in [4.69, 9.17) is 5.11 Å². The van der Waals surface area contributed by atoms with Gasteiger partial charge in [-0.3, -0.25) is 14.3 Å². The minimum Gasteiger partial charge on any atom is -0.481 e. The third-order valence-corrected chi connectivity index (χ3v) is 3.50. The number of para-hydroxylation sites is 1. The van der Waals surface area contributed by atoms with Gasteiger partial charge in [-0.25, -0.2) is 0 Å². The van der Waals surface area contributed by atoms with Gasteiger partial charge >= 0.3 is 5.97 Å². The molecule has 22 heavy (non-hydrogen) atoms. The van der Waals surface area contributed by atoms with Crippen molar-refractivity contribution in [3.8, 4) is 0 Å². The topological polar surface area (TPSA) is 84.2 Å². The third-order valence-electron chi connectivity index (χ3n) is 3.50. The van der Waals surface area contributed by atoms with Crippen LogP contribution in [-0.2, 0) is 16.1 Å². The highest BCUT2D eigenvalue weighted by Gasteiger charge is 2.19. The van der Waals surface area contributed by atoms with E-state index < -0.39 is 11.9 Å². The van der Waals surface area contributed by atoms with Crippen LogP contribution in [0, 0.1) is 11.8 Å². The fourth-order valence-corrected chi connectivity index (χ4v) is 2.42. The van der Waals surface area contributed by atoms with Gasteiger partial charge in [-0.15, -0.1) is 0 Å². The number of benzene rings is 1. The summed E-state index contributed by atoms with van der Waals surface area (Å²) >= 11 is 0. The van der Waals surface area contributed by atoms with E-state index in [1.54, 1.807) is 10.9 Å². The number of carboxylic acid groups (broad SMARTS) is 1. The molecule has 0 aliphatic carbocycles. The average Bonchev–Trinajstić information content (AvgIpc) is 2.86. The number of nitrogens with zero attached hydrogens (tertiary/aromatic N) is 2. The lowest BCUT2D eigenvalue weighted by Crippen LogP contribution is -2.35. The molecule has 2 aromatic rings. The number of hydrogen-bond acceptors (Lipinski definition) is 3. The normalized spacial score (nSPS) is 12.5. The van der Waals surface area contributed by atoms with Gasteiger partial charge in [0.15, 0.2) is 0 Å². The van der Waals surface area contributed by atoms with E-state index in [1.807, 2.05) is 38.1 Å². The summed E-state index contributed by atoms with van der Waals surface area (Å²) in [5.41, 5.74) is 0.884. The number of nitrogens with one attached hydrogen (secondary N) is 1. The summed E-state index contributed by atoms with van der Waals surface area (Å²) in [7, 11) is 0. The van der Waals surface area contributed by atoms with E-state index in [0.717, 1.165) is 10.9 Å². The maximum absolute atomic E-state index is 12.0. The van der Waals surface area contributed by atoms with Crippen LogP contribution < -0.4 is 5.32 Å². The summed E-state index contributed by atoms with van der Waals surface area (Å²) < 4.78 is 1.61. The molecule has 1 aromatic heterocycles. The smallest absolute Gasteiger partial charge is 0.308 e. The molecule has 0 aliphatic heterocycles. The highest BCUT2D eigenvalue weighted by molar-refractivity contribution is 5.82. The van der Waals surface area contributed by atoms with E-state index in [9.17, 15) is 9.59 Å². The van der Waals surface area contributed by atoms with Crippen molar-refractivity contribution in [3.05, 3.63) is 30.5 Å². The molecule has 1 aromatic carbocycles. The molecule has 118 valence electrons. The molecular weight excluding hydrogens is 282 g/mol. The lowest BCUT2D eigenvalue weighted by atomic mass is 9.97. The molecule has 1 amide bonds. The van der Waals surface area contributed by atoms with Crippen molar-refractivity contribution in [3.63, 3.8) is 0 Å². The first kappa shape index (κ1) is 16.0. The number of carbonyl (C=O) groups excluding carboxylic acids is 1. The van der Waals surface area contributed by atoms with E-state index in [1.165, 1.54) is 0 Å². The standard InChI is InChI=1S/C16H21N3O3/c1-11(2)7-13(16(21)22)8-17-15(20)10-19-14-6-4-3-5-12(14)9-18-19/h3-6,9,11,13H,7-8,10H2,1-2H3,(H,17,20)(H,21,22). The Kier molecular flexibility index (Phi) is 5.14. The third kappa shape index (κ3) is 4.07. The van der Waals surface area contributed by atoms with Gasteiger partial charge < -0.3 is 10.4 Å². The van der Waals surface area contributed by atoms with Crippen LogP contribution in [0.1, 0.15) is 20.3 Å². The second-order valence-electron chi connectivity index (χ2n) is 5.83. The Hall–Kier alpha value is -2.37. The zero-order chi connectivity index (χ0) is 16.1. The van der Waals surface area contributed by atoms with E-state index in [0.29, 0.717) is 6.42 Å². The highest BCUT2D eigenvalue weighted by Crippen LogP contribution is 2.13. The molecule has 0 spiro atoms. The Morgan fingerprint density at radius 2 is 2.05 bits per heavy atom. The van der Waals surface area contributed by atoms with Gasteiger partial charge in [0.2, 0.25) is 5.91 Å². The first-order valence-electron chi connectivity index (χ1n) is 7.37. The lowest BCUT2D eigenvalue weighted by molar-refractivity contribution is -0.142. The maximum Gasteiger partial charge on any atom is 0.308 e. The van der Waals surface area contributed by atoms with E-state index in [-0.39, 0.29) is 24.9 Å². The number of carbonyl (C=O) groups is 2. The van der Waals surface area contributed by atoms with Crippen LogP contribution in [0.3, 0.4) is 0 Å². The predicted molar refractivity (Wildman–Crippen MR) is 83.3 cm³/mol. The molecule has 2 rings (SSSR count). The van der Waals surface area contributed by atoms with Crippen LogP contribution >= 0.6 is 0 Å². The number of amides is 1. The molecule has 6 heteroatoms. The molecule has 0 saturated heterocycles. The van der Waals surface area contributed by atoms with Crippen LogP contribution in [-0.4, -0.2) is 33.3 Å². The van der Waals surface area contributed by atoms with Crippen molar-refractivity contribution in [1.82, 2.24) is 15.1 Å². The molecule has 1 atom stereocenters. The van der Waals surface area contributed by atoms with E-state index >= 15 is 0 Å². The van der Waals surface area contributed by atoms with Gasteiger partial charge in [0.1, 0.15) is 6.54 Å². The first-order valence-corrected chi connectivity index (χ1v) is 7.37. The first-order chi connectivity index (χ1) is 10.5. The van der Waals surface area contributed by atoms with Crippen molar-refractivity contribution in [1.29, 1.82) is 0 Å². The van der Waals surface area contributed by atoms with Crippen molar-refractivity contribution < 1.29 is 14.7 Å². The Balaban J connectivity index is 1.94. The van der Waals surface area contributed by atoms with Crippen LogP contribution in [0.15, 0.2) is 30.5 Å². The molecule has 0 fully saturated rings. The molecule has 1 heterocycles. The number of aliphatic carboxylic acids is 1. The number of aromatic nitrogens is 2. The molecule has 0 aliphatic rings. The molecule has 0 saturated carbocycles. The Morgan fingerprint density at radius 1 is 1.32 bits per heavy atom. The second kappa shape index (κ2) is 7.06. The minimum absolute atomic E-state index is 0.0849. The Bertz CT molecular complexity index is 663. The number of carboxylic acids is 1. The Labute approximate surface area is 129 Å². The van der Waals surface area contributed by atoms with Crippen molar-refractivity contribution >= 4 is 22.8 Å². The maximum atomic E-state index is 12.0. The highest BCUT2D eigenvalue weighted by atomic mass is 16.4. The van der Waals surface area contributed by atoms with Gasteiger partial charge in [0.05, 0.1) is 17.6 Å². The average molecular weight is 303 g/mol. The van der Waals surface area contributed by atoms with Gasteiger partial charge in [0, 0.05) is 11.9 Å². The van der Waals surface area contributed by atoms with E-state index in [2.05, 4.69) is 10.4 Å². The fraction of sp³-hybridized carbons (Fsp3) is 0.438. The van der Waals surface area contributed by atoms with Gasteiger partial charge in [-0.2, -0.15) is 5.10 Å². The zero-order valence-electron chi connectivity index (χ0n) is 12.8. The summed E-state index contributed by atoms with van der Waals surface area (Å²) in [5, 5.41) is 17.0. The van der Waals surface area contributed by atoms with Crippen LogP contribution in [0.2, 0.25) is 0 Å².